The largest absolute Gasteiger partial charge is 0.328 e. The molecule has 0 atom stereocenters. The van der Waals surface area contributed by atoms with Crippen molar-refractivity contribution in [3.05, 3.63) is 29.3 Å². The van der Waals surface area contributed by atoms with E-state index in [0.717, 1.165) is 44.3 Å². The zero-order chi connectivity index (χ0) is 16.5. The Morgan fingerprint density at radius 1 is 1.08 bits per heavy atom. The second-order valence-electron chi connectivity index (χ2n) is 7.07. The van der Waals surface area contributed by atoms with Crippen LogP contribution in [0.25, 0.3) is 0 Å². The third-order valence-corrected chi connectivity index (χ3v) is 5.32. The lowest BCUT2D eigenvalue weighted by molar-refractivity contribution is -0.120. The number of nitrogens with zero attached hydrogens (tertiary/aromatic N) is 2. The summed E-state index contributed by atoms with van der Waals surface area (Å²) in [5.74, 6) is 0.601. The van der Waals surface area contributed by atoms with Gasteiger partial charge in [-0.05, 0) is 55.1 Å². The van der Waals surface area contributed by atoms with Gasteiger partial charge in [0.25, 0.3) is 0 Å². The number of nitrogens with one attached hydrogen (secondary N) is 2. The van der Waals surface area contributed by atoms with E-state index in [4.69, 9.17) is 0 Å². The summed E-state index contributed by atoms with van der Waals surface area (Å²) in [5.41, 5.74) is 3.56. The van der Waals surface area contributed by atoms with Crippen LogP contribution in [0.2, 0.25) is 0 Å². The second kappa shape index (κ2) is 6.53. The van der Waals surface area contributed by atoms with E-state index in [-0.39, 0.29) is 11.9 Å². The minimum absolute atomic E-state index is 0.189. The van der Waals surface area contributed by atoms with E-state index in [2.05, 4.69) is 27.7 Å². The van der Waals surface area contributed by atoms with Crippen LogP contribution in [0.4, 0.5) is 10.5 Å². The Labute approximate surface area is 142 Å². The van der Waals surface area contributed by atoms with Gasteiger partial charge in [0, 0.05) is 38.3 Å². The molecule has 0 unspecified atom stereocenters. The van der Waals surface area contributed by atoms with Crippen LogP contribution < -0.4 is 15.5 Å². The van der Waals surface area contributed by atoms with E-state index in [1.807, 2.05) is 6.07 Å². The number of hydrogen-bond acceptors (Lipinski definition) is 4. The van der Waals surface area contributed by atoms with Crippen LogP contribution in [-0.2, 0) is 17.9 Å². The Bertz CT molecular complexity index is 654. The molecule has 3 aliphatic heterocycles. The van der Waals surface area contributed by atoms with Crippen molar-refractivity contribution in [2.45, 2.75) is 32.4 Å². The van der Waals surface area contributed by atoms with Gasteiger partial charge in [-0.2, -0.15) is 0 Å². The van der Waals surface area contributed by atoms with Crippen molar-refractivity contribution in [1.29, 1.82) is 0 Å². The molecule has 2 N–H and O–H groups in total. The molecule has 128 valence electrons. The SMILES string of the molecule is O=C1CCN(c2ccc3c(c2)CN(CC2CCNCC2)C3)C(=O)N1. The average molecular weight is 328 g/mol. The predicted octanol–water partition coefficient (Wildman–Crippen LogP) is 1.45. The predicted molar refractivity (Wildman–Crippen MR) is 91.7 cm³/mol. The van der Waals surface area contributed by atoms with Gasteiger partial charge in [0.05, 0.1) is 0 Å². The smallest absolute Gasteiger partial charge is 0.317 e. The number of piperidine rings is 1. The molecule has 0 saturated carbocycles. The molecule has 0 aliphatic carbocycles. The quantitative estimate of drug-likeness (QED) is 0.881. The Morgan fingerprint density at radius 3 is 2.67 bits per heavy atom. The van der Waals surface area contributed by atoms with Gasteiger partial charge >= 0.3 is 6.03 Å². The fraction of sp³-hybridized carbons (Fsp3) is 0.556. The van der Waals surface area contributed by atoms with Crippen LogP contribution in [0.1, 0.15) is 30.4 Å². The number of imide groups is 1. The highest BCUT2D eigenvalue weighted by atomic mass is 16.2. The maximum absolute atomic E-state index is 12.0. The van der Waals surface area contributed by atoms with Crippen molar-refractivity contribution in [2.75, 3.05) is 31.1 Å². The normalized spacial score (nSPS) is 22.6. The summed E-state index contributed by atoms with van der Waals surface area (Å²) < 4.78 is 0. The van der Waals surface area contributed by atoms with Crippen LogP contribution in [0.5, 0.6) is 0 Å². The van der Waals surface area contributed by atoms with Gasteiger partial charge in [-0.15, -0.1) is 0 Å². The van der Waals surface area contributed by atoms with Gasteiger partial charge in [0.15, 0.2) is 0 Å². The van der Waals surface area contributed by atoms with E-state index >= 15 is 0 Å². The minimum Gasteiger partial charge on any atom is -0.317 e. The van der Waals surface area contributed by atoms with E-state index < -0.39 is 0 Å². The molecule has 0 bridgehead atoms. The number of rotatable bonds is 3. The first kappa shape index (κ1) is 15.6. The third kappa shape index (κ3) is 3.16. The number of hydrogen-bond donors (Lipinski definition) is 2. The van der Waals surface area contributed by atoms with Crippen molar-refractivity contribution >= 4 is 17.6 Å². The zero-order valence-electron chi connectivity index (χ0n) is 13.9. The van der Waals surface area contributed by atoms with Crippen LogP contribution in [-0.4, -0.2) is 43.0 Å². The molecule has 2 saturated heterocycles. The molecular formula is C18H24N4O2. The summed E-state index contributed by atoms with van der Waals surface area (Å²) in [6.45, 7) is 5.86. The van der Waals surface area contributed by atoms with Crippen LogP contribution in [0.15, 0.2) is 18.2 Å². The van der Waals surface area contributed by atoms with Crippen molar-refractivity contribution in [1.82, 2.24) is 15.5 Å². The van der Waals surface area contributed by atoms with Crippen molar-refractivity contribution < 1.29 is 9.59 Å². The standard InChI is InChI=1S/C18H24N4O2/c23-17-5-8-22(18(24)20-17)16-2-1-14-11-21(12-15(14)9-16)10-13-3-6-19-7-4-13/h1-2,9,13,19H,3-8,10-12H2,(H,20,23,24). The Hall–Kier alpha value is -1.92. The molecule has 6 nitrogen and oxygen atoms in total. The van der Waals surface area contributed by atoms with Gasteiger partial charge in [-0.1, -0.05) is 6.07 Å². The van der Waals surface area contributed by atoms with E-state index in [1.165, 1.54) is 24.0 Å². The molecule has 0 spiro atoms. The fourth-order valence-corrected chi connectivity index (χ4v) is 3.99. The van der Waals surface area contributed by atoms with Crippen molar-refractivity contribution in [2.24, 2.45) is 5.92 Å². The lowest BCUT2D eigenvalue weighted by Gasteiger charge is -2.27. The summed E-state index contributed by atoms with van der Waals surface area (Å²) in [6.07, 6.45) is 2.89. The summed E-state index contributed by atoms with van der Waals surface area (Å²) in [6, 6.07) is 5.95. The van der Waals surface area contributed by atoms with Crippen molar-refractivity contribution in [3.63, 3.8) is 0 Å². The second-order valence-corrected chi connectivity index (χ2v) is 7.07. The van der Waals surface area contributed by atoms with Crippen LogP contribution in [0.3, 0.4) is 0 Å². The fourth-order valence-electron chi connectivity index (χ4n) is 3.99. The van der Waals surface area contributed by atoms with E-state index in [0.29, 0.717) is 13.0 Å². The molecule has 0 aromatic heterocycles. The summed E-state index contributed by atoms with van der Waals surface area (Å²) in [7, 11) is 0. The minimum atomic E-state index is -0.309. The van der Waals surface area contributed by atoms with E-state index in [9.17, 15) is 9.59 Å². The highest BCUT2D eigenvalue weighted by Gasteiger charge is 2.27. The molecule has 6 heteroatoms. The number of carbonyl (C=O) groups is 2. The maximum Gasteiger partial charge on any atom is 0.328 e. The molecule has 4 rings (SSSR count). The van der Waals surface area contributed by atoms with Crippen LogP contribution in [0, 0.1) is 5.92 Å². The molecule has 1 aromatic carbocycles. The van der Waals surface area contributed by atoms with E-state index in [1.54, 1.807) is 4.90 Å². The van der Waals surface area contributed by atoms with Gasteiger partial charge in [0.1, 0.15) is 0 Å². The monoisotopic (exact) mass is 328 g/mol. The summed E-state index contributed by atoms with van der Waals surface area (Å²) >= 11 is 0. The number of carbonyl (C=O) groups excluding carboxylic acids is 2. The highest BCUT2D eigenvalue weighted by Crippen LogP contribution is 2.29. The molecule has 1 aromatic rings. The molecule has 3 aliphatic rings. The lowest BCUT2D eigenvalue weighted by atomic mass is 9.98. The maximum atomic E-state index is 12.0. The lowest BCUT2D eigenvalue weighted by Crippen LogP contribution is -2.49. The van der Waals surface area contributed by atoms with Crippen LogP contribution >= 0.6 is 0 Å². The summed E-state index contributed by atoms with van der Waals surface area (Å²) in [5, 5.41) is 5.81. The number of amides is 3. The van der Waals surface area contributed by atoms with Gasteiger partial charge in [-0.3, -0.25) is 19.9 Å². The number of fused-ring (bicyclic) bond motifs is 1. The summed E-state index contributed by atoms with van der Waals surface area (Å²) in [4.78, 5) is 27.5. The number of urea groups is 1. The molecule has 24 heavy (non-hydrogen) atoms. The Morgan fingerprint density at radius 2 is 1.88 bits per heavy atom. The number of benzene rings is 1. The third-order valence-electron chi connectivity index (χ3n) is 5.32. The first-order valence-corrected chi connectivity index (χ1v) is 8.85. The molecule has 2 fully saturated rings. The van der Waals surface area contributed by atoms with Gasteiger partial charge in [-0.25, -0.2) is 4.79 Å². The molecule has 3 amide bonds. The average Bonchev–Trinajstić information content (AvgIpc) is 2.97. The Balaban J connectivity index is 1.43. The molecule has 3 heterocycles. The molecular weight excluding hydrogens is 304 g/mol. The van der Waals surface area contributed by atoms with Gasteiger partial charge < -0.3 is 5.32 Å². The zero-order valence-corrected chi connectivity index (χ0v) is 13.9. The topological polar surface area (TPSA) is 64.7 Å². The first-order chi connectivity index (χ1) is 11.7. The van der Waals surface area contributed by atoms with Crippen molar-refractivity contribution in [3.8, 4) is 0 Å². The Kier molecular flexibility index (Phi) is 4.24. The van der Waals surface area contributed by atoms with Gasteiger partial charge in [0.2, 0.25) is 5.91 Å². The number of anilines is 1. The first-order valence-electron chi connectivity index (χ1n) is 8.85. The highest BCUT2D eigenvalue weighted by molar-refractivity contribution is 6.05. The molecule has 0 radical (unpaired) electrons.